The van der Waals surface area contributed by atoms with E-state index >= 15 is 0 Å². The van der Waals surface area contributed by atoms with E-state index in [1.807, 2.05) is 114 Å². The number of benzene rings is 3. The number of nitrogens with one attached hydrogen (secondary N) is 4. The molecular weight excluding hydrogens is 1970 g/mol. The van der Waals surface area contributed by atoms with Crippen molar-refractivity contribution in [3.05, 3.63) is 152 Å². The van der Waals surface area contributed by atoms with Crippen LogP contribution in [0.3, 0.4) is 0 Å². The van der Waals surface area contributed by atoms with Gasteiger partial charge in [-0.05, 0) is 289 Å². The summed E-state index contributed by atoms with van der Waals surface area (Å²) in [7, 11) is 0. The number of hydrogen-bond acceptors (Lipinski definition) is 25. The molecule has 14 heterocycles. The zero-order valence-electron chi connectivity index (χ0n) is 77.3. The first-order chi connectivity index (χ1) is 62.6. The number of urea groups is 2. The standard InChI is InChI=1S/2C22H25ClN4O4S.2C15H21N3O3S.C12H19NO3.C7H4ClNO.9CH4/c2*1-22(2,3)31-21(30)27-13-8-9-15(27)17-14(10-13)16(18(24)28)19(32-17)26-20(29)25-12-6-4-11(23)5-7-12;2*1-15(2,3)21-14(20)18-7-4-5-9(18)11-8(6-7)10(12(16)19)13(17)22-11;1-12(2,3)16-11(15)13-8-4-5-9(13)7-10(14)6-8;8-6-1-3-7(4-2-6)9-5-10;;;;;;;;;/h2*4-7,13,15H,8-10H2,1-3H3,(H2,24,28)(H2,25,26,29);2*7,9H,4-6,17H2,1-3H3,(H2,16,19);8-9H,4-7H2,1-3H3;1-4H;9*1H4. The summed E-state index contributed by atoms with van der Waals surface area (Å²) in [5.41, 5.74) is 38.2. The fourth-order valence-electron chi connectivity index (χ4n) is 18.5. The highest BCUT2D eigenvalue weighted by molar-refractivity contribution is 7.18. The molecule has 0 saturated carbocycles. The van der Waals surface area contributed by atoms with Crippen molar-refractivity contribution in [3.8, 4) is 0 Å². The molecule has 17 rings (SSSR count). The third-order valence-electron chi connectivity index (χ3n) is 23.4. The first-order valence-corrected chi connectivity index (χ1v) is 48.4. The van der Waals surface area contributed by atoms with E-state index in [2.05, 4.69) is 26.3 Å². The van der Waals surface area contributed by atoms with E-state index < -0.39 is 63.7 Å². The van der Waals surface area contributed by atoms with Gasteiger partial charge in [0, 0.05) is 95.0 Å². The van der Waals surface area contributed by atoms with Crippen LogP contribution in [0.1, 0.15) is 355 Å². The molecule has 10 aliphatic heterocycles. The Labute approximate surface area is 874 Å². The number of rotatable bonds is 9. The molecule has 13 amide bonds. The predicted molar refractivity (Wildman–Crippen MR) is 577 cm³/mol. The van der Waals surface area contributed by atoms with Crippen molar-refractivity contribution in [1.82, 2.24) is 24.5 Å². The van der Waals surface area contributed by atoms with Crippen LogP contribution in [-0.2, 0) is 59.0 Å². The number of Topliss-reactive ketones (excluding diaryl/α,β-unsaturated/α-hetero) is 1. The minimum absolute atomic E-state index is 0. The summed E-state index contributed by atoms with van der Waals surface area (Å²) in [6.07, 6.45) is 11.8. The Morgan fingerprint density at radius 3 is 0.804 bits per heavy atom. The van der Waals surface area contributed by atoms with E-state index in [1.54, 1.807) is 87.5 Å². The number of fused-ring (bicyclic) bond motifs is 18. The number of aliphatic imine (C=N–C) groups is 1. The first kappa shape index (κ1) is 126. The number of amides is 13. The Morgan fingerprint density at radius 2 is 0.559 bits per heavy atom. The van der Waals surface area contributed by atoms with Gasteiger partial charge in [0.2, 0.25) is 6.08 Å². The van der Waals surface area contributed by atoms with Gasteiger partial charge in [0.15, 0.2) is 0 Å². The molecule has 16 N–H and O–H groups in total. The minimum atomic E-state index is -0.602. The van der Waals surface area contributed by atoms with Gasteiger partial charge in [-0.1, -0.05) is 102 Å². The third-order valence-corrected chi connectivity index (χ3v) is 29.0. The van der Waals surface area contributed by atoms with Crippen molar-refractivity contribution in [3.63, 3.8) is 0 Å². The molecule has 7 aromatic rings. The van der Waals surface area contributed by atoms with Crippen molar-refractivity contribution < 1.29 is 86.0 Å². The Bertz CT molecular complexity index is 5450. The van der Waals surface area contributed by atoms with Crippen LogP contribution in [0.15, 0.2) is 77.8 Å². The number of ketones is 1. The summed E-state index contributed by atoms with van der Waals surface area (Å²) in [4.78, 5) is 173. The van der Waals surface area contributed by atoms with Gasteiger partial charge in [-0.2, -0.15) is 4.99 Å². The summed E-state index contributed by atoms with van der Waals surface area (Å²) < 4.78 is 27.6. The first-order valence-electron chi connectivity index (χ1n) is 44.0. The van der Waals surface area contributed by atoms with Crippen LogP contribution in [0.25, 0.3) is 0 Å². The van der Waals surface area contributed by atoms with Crippen LogP contribution in [-0.4, -0.2) is 167 Å². The molecule has 6 saturated heterocycles. The highest BCUT2D eigenvalue weighted by Gasteiger charge is 2.53. The summed E-state index contributed by atoms with van der Waals surface area (Å²) in [6, 6.07) is 18.6. The average Bonchev–Trinajstić information content (AvgIpc) is 1.59. The number of isocyanates is 1. The molecule has 10 atom stereocenters. The summed E-state index contributed by atoms with van der Waals surface area (Å²) in [5.74, 6) is -1.89. The molecule has 792 valence electrons. The number of nitrogens with zero attached hydrogens (tertiary/aromatic N) is 6. The van der Waals surface area contributed by atoms with Gasteiger partial charge in [0.05, 0.1) is 62.1 Å². The molecule has 4 aromatic heterocycles. The lowest BCUT2D eigenvalue weighted by atomic mass is 9.97. The van der Waals surface area contributed by atoms with Crippen molar-refractivity contribution in [2.75, 3.05) is 32.7 Å². The Morgan fingerprint density at radius 1 is 0.336 bits per heavy atom. The highest BCUT2D eigenvalue weighted by atomic mass is 35.5. The number of anilines is 6. The van der Waals surface area contributed by atoms with Crippen molar-refractivity contribution in [1.29, 1.82) is 0 Å². The van der Waals surface area contributed by atoms with E-state index in [0.717, 1.165) is 106 Å². The lowest BCUT2D eigenvalue weighted by Crippen LogP contribution is -2.48. The van der Waals surface area contributed by atoms with Gasteiger partial charge < -0.3 is 73.6 Å². The Kier molecular flexibility index (Phi) is 44.5. The topological polar surface area (TPSA) is 501 Å². The minimum Gasteiger partial charge on any atom is -0.444 e. The number of nitrogens with two attached hydrogens (primary N) is 6. The molecule has 0 radical (unpaired) electrons. The molecule has 34 nitrogen and oxygen atoms in total. The smallest absolute Gasteiger partial charge is 0.411 e. The lowest BCUT2D eigenvalue weighted by Gasteiger charge is -2.36. The van der Waals surface area contributed by atoms with Gasteiger partial charge >= 0.3 is 42.5 Å². The second-order valence-corrected chi connectivity index (χ2v) is 44.6. The zero-order chi connectivity index (χ0) is 98.2. The van der Waals surface area contributed by atoms with E-state index in [1.165, 1.54) is 51.4 Å². The molecule has 10 bridgehead atoms. The number of ether oxygens (including phenoxy) is 5. The van der Waals surface area contributed by atoms with Crippen LogP contribution in [0, 0.1) is 0 Å². The lowest BCUT2D eigenvalue weighted by molar-refractivity contribution is -0.123. The van der Waals surface area contributed by atoms with Crippen molar-refractivity contribution >= 4 is 195 Å². The molecule has 6 fully saturated rings. The van der Waals surface area contributed by atoms with Crippen molar-refractivity contribution in [2.24, 2.45) is 27.9 Å². The SMILES string of the molecule is C.C.C.C.C.C.C.C.C.CC(C)(C)OC(=O)N1C2CCC1CC(=O)C2.CC(C)(C)OC(=O)N1C2CCC1c1sc(N)c(C(N)=O)c1C2.CC(C)(C)OC(=O)N1C2CCC1c1sc(N)c(C(N)=O)c1C2.CC(C)(C)OC(=O)N1C2CCC1c1sc(NC(=O)Nc3ccc(Cl)cc3)c(C(N)=O)c1C2.CC(C)(C)OC(=O)N1C2CCC1c1sc(NC(=O)Nc3ccc(Cl)cc3)c(C(N)=O)c1C2.O=C=Nc1ccc(Cl)cc1. The van der Waals surface area contributed by atoms with E-state index in [4.69, 9.17) is 92.9 Å². The Hall–Kier alpha value is -11.3. The van der Waals surface area contributed by atoms with Crippen molar-refractivity contribution in [2.45, 2.75) is 362 Å². The quantitative estimate of drug-likeness (QED) is 0.0364. The Balaban J connectivity index is 0.000000448. The molecule has 10 aliphatic rings. The van der Waals surface area contributed by atoms with Gasteiger partial charge in [-0.3, -0.25) is 54.2 Å². The number of thiophene rings is 4. The van der Waals surface area contributed by atoms with E-state index in [0.29, 0.717) is 113 Å². The maximum atomic E-state index is 12.8. The highest BCUT2D eigenvalue weighted by Crippen LogP contribution is 2.56. The van der Waals surface area contributed by atoms with Crippen LogP contribution in [0.4, 0.5) is 70.6 Å². The summed E-state index contributed by atoms with van der Waals surface area (Å²) in [6.45, 7) is 27.7. The second kappa shape index (κ2) is 50.5. The molecule has 0 aliphatic carbocycles. The van der Waals surface area contributed by atoms with Gasteiger partial charge in [-0.25, -0.2) is 38.4 Å². The van der Waals surface area contributed by atoms with E-state index in [9.17, 15) is 62.3 Å². The maximum Gasteiger partial charge on any atom is 0.411 e. The number of piperidine rings is 1. The molecule has 0 spiro atoms. The number of primary amides is 4. The zero-order valence-corrected chi connectivity index (χ0v) is 82.8. The summed E-state index contributed by atoms with van der Waals surface area (Å²) >= 11 is 22.6. The fourth-order valence-corrected chi connectivity index (χ4v) is 24.1. The largest absolute Gasteiger partial charge is 0.444 e. The maximum absolute atomic E-state index is 12.8. The second-order valence-electron chi connectivity index (χ2n) is 39.0. The number of halogens is 3. The van der Waals surface area contributed by atoms with Gasteiger partial charge in [0.25, 0.3) is 23.6 Å². The number of nitrogen functional groups attached to an aromatic ring is 2. The van der Waals surface area contributed by atoms with Crippen LogP contribution in [0.2, 0.25) is 15.1 Å². The molecule has 143 heavy (non-hydrogen) atoms. The monoisotopic (exact) mass is 2120 g/mol. The number of hydrogen-bond donors (Lipinski definition) is 10. The average molecular weight is 2120 g/mol. The van der Waals surface area contributed by atoms with Gasteiger partial charge in [-0.15, -0.1) is 45.3 Å². The number of carbonyl (C=O) groups is 12. The number of carbonyl (C=O) groups excluding carboxylic acids is 13. The molecule has 41 heteroatoms. The summed E-state index contributed by atoms with van der Waals surface area (Å²) in [5, 5.41) is 14.3. The van der Waals surface area contributed by atoms with E-state index in [-0.39, 0.29) is 164 Å². The fraction of sp³-hybridized carbons (Fsp3) is 0.539. The van der Waals surface area contributed by atoms with Crippen LogP contribution >= 0.6 is 80.1 Å². The van der Waals surface area contributed by atoms with Gasteiger partial charge in [0.1, 0.15) is 43.8 Å². The molecule has 3 aromatic carbocycles. The normalized spacial score (nSPS) is 19.7. The molecule has 10 unspecified atom stereocenters. The predicted octanol–water partition coefficient (Wildman–Crippen LogP) is 25.3. The third kappa shape index (κ3) is 30.2. The van der Waals surface area contributed by atoms with Crippen LogP contribution in [0.5, 0.6) is 0 Å². The van der Waals surface area contributed by atoms with Crippen LogP contribution < -0.4 is 55.7 Å². The molecular formula is C102H151Cl3N16O18S4.